The van der Waals surface area contributed by atoms with E-state index in [1.54, 1.807) is 11.9 Å². The second kappa shape index (κ2) is 9.77. The van der Waals surface area contributed by atoms with Gasteiger partial charge >= 0.3 is 5.97 Å². The molecule has 1 rings (SSSR count). The van der Waals surface area contributed by atoms with E-state index >= 15 is 0 Å². The van der Waals surface area contributed by atoms with Crippen molar-refractivity contribution < 1.29 is 19.5 Å². The largest absolute Gasteiger partial charge is 0.480 e. The van der Waals surface area contributed by atoms with E-state index in [1.165, 1.54) is 19.3 Å². The highest BCUT2D eigenvalue weighted by Gasteiger charge is 2.29. The molecule has 8 heteroatoms. The molecule has 0 aromatic heterocycles. The number of hydrogen-bond donors (Lipinski definition) is 4. The number of hydrogen-bond acceptors (Lipinski definition) is 5. The van der Waals surface area contributed by atoms with Crippen molar-refractivity contribution in [1.29, 1.82) is 0 Å². The zero-order valence-electron chi connectivity index (χ0n) is 13.7. The first kappa shape index (κ1) is 19.8. The van der Waals surface area contributed by atoms with Crippen LogP contribution < -0.4 is 15.8 Å². The van der Waals surface area contributed by atoms with Crippen LogP contribution in [0.1, 0.15) is 52.4 Å². The fourth-order valence-corrected chi connectivity index (χ4v) is 3.79. The third kappa shape index (κ3) is 7.22. The van der Waals surface area contributed by atoms with Crippen molar-refractivity contribution in [2.24, 2.45) is 11.7 Å². The van der Waals surface area contributed by atoms with Gasteiger partial charge in [0.05, 0.1) is 12.5 Å². The fourth-order valence-electron chi connectivity index (χ4n) is 2.51. The van der Waals surface area contributed by atoms with Gasteiger partial charge in [0.1, 0.15) is 6.04 Å². The Kier molecular flexibility index (Phi) is 8.40. The van der Waals surface area contributed by atoms with Gasteiger partial charge in [-0.25, -0.2) is 4.79 Å². The molecule has 2 amide bonds. The van der Waals surface area contributed by atoms with Crippen LogP contribution in [-0.2, 0) is 14.4 Å². The van der Waals surface area contributed by atoms with Crippen LogP contribution in [0.2, 0.25) is 0 Å². The molecule has 1 aliphatic rings. The number of carboxylic acid groups (broad SMARTS) is 1. The summed E-state index contributed by atoms with van der Waals surface area (Å²) >= 11 is 1.56. The summed E-state index contributed by atoms with van der Waals surface area (Å²) in [6.07, 6.45) is 5.52. The van der Waals surface area contributed by atoms with E-state index in [0.29, 0.717) is 5.25 Å². The van der Waals surface area contributed by atoms with Crippen molar-refractivity contribution in [3.05, 3.63) is 0 Å². The average molecular weight is 345 g/mol. The summed E-state index contributed by atoms with van der Waals surface area (Å²) in [4.78, 5) is 34.4. The first-order chi connectivity index (χ1) is 10.8. The monoisotopic (exact) mass is 345 g/mol. The second-order valence-electron chi connectivity index (χ2n) is 6.29. The van der Waals surface area contributed by atoms with Crippen molar-refractivity contribution in [1.82, 2.24) is 10.0 Å². The number of nitrogens with one attached hydrogen (secondary N) is 2. The number of carbonyl (C=O) groups excluding carboxylic acids is 2. The van der Waals surface area contributed by atoms with Crippen molar-refractivity contribution in [3.8, 4) is 0 Å². The Labute approximate surface area is 141 Å². The maximum atomic E-state index is 12.4. The average Bonchev–Trinajstić information content (AvgIpc) is 2.46. The van der Waals surface area contributed by atoms with Crippen LogP contribution in [0.4, 0.5) is 0 Å². The summed E-state index contributed by atoms with van der Waals surface area (Å²) in [6, 6.07) is -1.81. The lowest BCUT2D eigenvalue weighted by Gasteiger charge is -2.27. The highest BCUT2D eigenvalue weighted by atomic mass is 32.2. The van der Waals surface area contributed by atoms with Crippen molar-refractivity contribution in [2.45, 2.75) is 69.7 Å². The lowest BCUT2D eigenvalue weighted by Crippen LogP contribution is -2.52. The molecular weight excluding hydrogens is 318 g/mol. The molecular formula is C15H27N3O4S. The Morgan fingerprint density at radius 1 is 1.22 bits per heavy atom. The summed E-state index contributed by atoms with van der Waals surface area (Å²) in [5.74, 6) is -2.45. The third-order valence-corrected chi connectivity index (χ3v) is 5.08. The number of aliphatic carboxylic acids is 1. The summed E-state index contributed by atoms with van der Waals surface area (Å²) < 4.78 is 3.18. The van der Waals surface area contributed by atoms with Gasteiger partial charge < -0.3 is 16.2 Å². The molecule has 0 radical (unpaired) electrons. The van der Waals surface area contributed by atoms with Gasteiger partial charge in [0, 0.05) is 5.25 Å². The normalized spacial score (nSPS) is 18.4. The van der Waals surface area contributed by atoms with Crippen LogP contribution in [0.5, 0.6) is 0 Å². The highest BCUT2D eigenvalue weighted by molar-refractivity contribution is 7.98. The highest BCUT2D eigenvalue weighted by Crippen LogP contribution is 2.27. The molecule has 2 atom stereocenters. The van der Waals surface area contributed by atoms with Gasteiger partial charge in [-0.3, -0.25) is 14.3 Å². The molecule has 1 aliphatic carbocycles. The number of nitrogens with two attached hydrogens (primary N) is 1. The van der Waals surface area contributed by atoms with E-state index in [0.717, 1.165) is 12.8 Å². The Morgan fingerprint density at radius 2 is 1.83 bits per heavy atom. The minimum atomic E-state index is -1.29. The Hall–Kier alpha value is -1.28. The number of primary amides is 1. The molecule has 0 heterocycles. The predicted molar refractivity (Wildman–Crippen MR) is 89.6 cm³/mol. The molecule has 0 aliphatic heterocycles. The topological polar surface area (TPSA) is 122 Å². The minimum absolute atomic E-state index is 0.00545. The summed E-state index contributed by atoms with van der Waals surface area (Å²) in [7, 11) is 0. The molecule has 5 N–H and O–H groups in total. The van der Waals surface area contributed by atoms with Crippen LogP contribution in [0.3, 0.4) is 0 Å². The fraction of sp³-hybridized carbons (Fsp3) is 0.800. The van der Waals surface area contributed by atoms with Gasteiger partial charge in [0.15, 0.2) is 0 Å². The Bertz CT molecular complexity index is 425. The van der Waals surface area contributed by atoms with Crippen LogP contribution >= 0.6 is 11.9 Å². The van der Waals surface area contributed by atoms with E-state index in [-0.39, 0.29) is 5.92 Å². The summed E-state index contributed by atoms with van der Waals surface area (Å²) in [5, 5.41) is 12.0. The quantitative estimate of drug-likeness (QED) is 0.463. The van der Waals surface area contributed by atoms with Gasteiger partial charge in [0.2, 0.25) is 11.8 Å². The van der Waals surface area contributed by atoms with E-state index in [1.807, 2.05) is 13.8 Å². The van der Waals surface area contributed by atoms with Gasteiger partial charge in [0.25, 0.3) is 0 Å². The van der Waals surface area contributed by atoms with Gasteiger partial charge in [-0.05, 0) is 18.8 Å². The molecule has 132 valence electrons. The first-order valence-corrected chi connectivity index (χ1v) is 8.92. The number of amides is 2. The lowest BCUT2D eigenvalue weighted by atomic mass is 10.0. The number of rotatable bonds is 9. The third-order valence-electron chi connectivity index (χ3n) is 3.88. The maximum absolute atomic E-state index is 12.4. The number of carbonyl (C=O) groups is 3. The standard InChI is InChI=1S/C15H27N3O4S/c1-9(2)13(18-23-10-6-4-3-5-7-10)14(20)17-11(15(21)22)8-12(16)19/h9-11,13,18H,3-8H2,1-2H3,(H2,16,19)(H,17,20)(H,21,22)/t11-,13-/m0/s1. The number of carboxylic acids is 1. The molecule has 0 unspecified atom stereocenters. The molecule has 0 saturated heterocycles. The van der Waals surface area contributed by atoms with Gasteiger partial charge in [-0.2, -0.15) is 0 Å². The molecule has 23 heavy (non-hydrogen) atoms. The predicted octanol–water partition coefficient (Wildman–Crippen LogP) is 1.03. The van der Waals surface area contributed by atoms with Crippen molar-refractivity contribution in [3.63, 3.8) is 0 Å². The molecule has 0 spiro atoms. The maximum Gasteiger partial charge on any atom is 0.326 e. The first-order valence-electron chi connectivity index (χ1n) is 8.04. The molecule has 1 saturated carbocycles. The summed E-state index contributed by atoms with van der Waals surface area (Å²) in [6.45, 7) is 3.78. The SMILES string of the molecule is CC(C)[C@H](NSC1CCCCC1)C(=O)N[C@@H](CC(N)=O)C(=O)O. The van der Waals surface area contributed by atoms with E-state index in [2.05, 4.69) is 10.0 Å². The van der Waals surface area contributed by atoms with Crippen LogP contribution in [0, 0.1) is 5.92 Å². The minimum Gasteiger partial charge on any atom is -0.480 e. The van der Waals surface area contributed by atoms with Crippen molar-refractivity contribution in [2.75, 3.05) is 0 Å². The van der Waals surface area contributed by atoms with E-state index in [9.17, 15) is 14.4 Å². The van der Waals surface area contributed by atoms with Crippen LogP contribution in [0.15, 0.2) is 0 Å². The smallest absolute Gasteiger partial charge is 0.326 e. The molecule has 0 aromatic rings. The zero-order chi connectivity index (χ0) is 17.4. The second-order valence-corrected chi connectivity index (χ2v) is 7.43. The molecule has 1 fully saturated rings. The molecule has 0 bridgehead atoms. The zero-order valence-corrected chi connectivity index (χ0v) is 14.5. The van der Waals surface area contributed by atoms with E-state index in [4.69, 9.17) is 10.8 Å². The lowest BCUT2D eigenvalue weighted by molar-refractivity contribution is -0.143. The summed E-state index contributed by atoms with van der Waals surface area (Å²) in [5.41, 5.74) is 5.03. The Balaban J connectivity index is 2.58. The van der Waals surface area contributed by atoms with E-state index < -0.39 is 36.3 Å². The van der Waals surface area contributed by atoms with Crippen LogP contribution in [-0.4, -0.2) is 40.2 Å². The molecule has 0 aromatic carbocycles. The Morgan fingerprint density at radius 3 is 2.30 bits per heavy atom. The van der Waals surface area contributed by atoms with Gasteiger partial charge in [-0.1, -0.05) is 45.1 Å². The molecule has 7 nitrogen and oxygen atoms in total. The van der Waals surface area contributed by atoms with Crippen LogP contribution in [0.25, 0.3) is 0 Å². The van der Waals surface area contributed by atoms with Crippen molar-refractivity contribution >= 4 is 29.7 Å². The van der Waals surface area contributed by atoms with Gasteiger partial charge in [-0.15, -0.1) is 0 Å².